The molecule has 0 bridgehead atoms. The van der Waals surface area contributed by atoms with Crippen LogP contribution in [0, 0.1) is 0 Å². The Morgan fingerprint density at radius 3 is 0.744 bits per heavy atom. The summed E-state index contributed by atoms with van der Waals surface area (Å²) in [7, 11) is 0. The fourth-order valence-corrected chi connectivity index (χ4v) is 11.1. The number of allylic oxidation sites excluding steroid dienone is 8. The number of carbonyl (C=O) groups is 3. The quantitative estimate of drug-likeness (QED) is 0.0261. The highest BCUT2D eigenvalue weighted by molar-refractivity contribution is 5.71. The highest BCUT2D eigenvalue weighted by atomic mass is 16.6. The molecule has 82 heavy (non-hydrogen) atoms. The predicted molar refractivity (Wildman–Crippen MR) is 358 cm³/mol. The van der Waals surface area contributed by atoms with Crippen LogP contribution in [0.4, 0.5) is 0 Å². The van der Waals surface area contributed by atoms with Crippen LogP contribution in [-0.4, -0.2) is 37.2 Å². The first-order valence-corrected chi connectivity index (χ1v) is 36.6. The Morgan fingerprint density at radius 2 is 0.476 bits per heavy atom. The van der Waals surface area contributed by atoms with Crippen molar-refractivity contribution in [1.82, 2.24) is 0 Å². The second-order valence-electron chi connectivity index (χ2n) is 24.8. The van der Waals surface area contributed by atoms with Gasteiger partial charge in [-0.05, 0) is 57.8 Å². The molecule has 0 amide bonds. The summed E-state index contributed by atoms with van der Waals surface area (Å²) in [6, 6.07) is 0. The molecule has 0 saturated heterocycles. The van der Waals surface area contributed by atoms with Gasteiger partial charge in [-0.15, -0.1) is 0 Å². The number of carbonyl (C=O) groups excluding carboxylic acids is 3. The van der Waals surface area contributed by atoms with Gasteiger partial charge in [0.1, 0.15) is 13.2 Å². The van der Waals surface area contributed by atoms with Crippen LogP contribution in [0.25, 0.3) is 0 Å². The molecular weight excluding hydrogens is 1010 g/mol. The van der Waals surface area contributed by atoms with Gasteiger partial charge in [0.15, 0.2) is 6.10 Å². The van der Waals surface area contributed by atoms with Crippen LogP contribution in [0.2, 0.25) is 0 Å². The maximum atomic E-state index is 13.0. The van der Waals surface area contributed by atoms with Crippen molar-refractivity contribution in [3.63, 3.8) is 0 Å². The van der Waals surface area contributed by atoms with E-state index in [1.807, 2.05) is 0 Å². The zero-order valence-corrected chi connectivity index (χ0v) is 55.3. The van der Waals surface area contributed by atoms with Gasteiger partial charge in [0.2, 0.25) is 0 Å². The van der Waals surface area contributed by atoms with Gasteiger partial charge in [-0.2, -0.15) is 0 Å². The average molecular weight is 1150 g/mol. The molecule has 0 aliphatic heterocycles. The van der Waals surface area contributed by atoms with Gasteiger partial charge in [-0.25, -0.2) is 0 Å². The third-order valence-electron chi connectivity index (χ3n) is 16.6. The Morgan fingerprint density at radius 1 is 0.256 bits per heavy atom. The monoisotopic (exact) mass is 1150 g/mol. The SMILES string of the molecule is CC/C=C\C/C=C\C/C=C\C/C=C\CCCCCCCCCCCCCCCCCCC(=O)OCC(COC(=O)CCCCCCCCCCCCCC)OC(=O)CCCCCCCCCCCCCCCCCCCCCCCCC. The molecule has 0 heterocycles. The van der Waals surface area contributed by atoms with E-state index in [1.54, 1.807) is 0 Å². The first kappa shape index (κ1) is 79.4. The van der Waals surface area contributed by atoms with Gasteiger partial charge in [-0.3, -0.25) is 14.4 Å². The topological polar surface area (TPSA) is 78.9 Å². The normalized spacial score (nSPS) is 12.3. The van der Waals surface area contributed by atoms with Crippen molar-refractivity contribution >= 4 is 17.9 Å². The Kier molecular flexibility index (Phi) is 68.6. The minimum atomic E-state index is -0.769. The van der Waals surface area contributed by atoms with E-state index in [9.17, 15) is 14.4 Å². The molecule has 6 heteroatoms. The van der Waals surface area contributed by atoms with Gasteiger partial charge >= 0.3 is 17.9 Å². The lowest BCUT2D eigenvalue weighted by Gasteiger charge is -2.18. The van der Waals surface area contributed by atoms with Crippen molar-refractivity contribution < 1.29 is 28.6 Å². The fourth-order valence-electron chi connectivity index (χ4n) is 11.1. The van der Waals surface area contributed by atoms with Gasteiger partial charge in [-0.1, -0.05) is 371 Å². The molecule has 1 atom stereocenters. The lowest BCUT2D eigenvalue weighted by Crippen LogP contribution is -2.30. The molecule has 0 aromatic rings. The van der Waals surface area contributed by atoms with E-state index < -0.39 is 6.10 Å². The Hall–Kier alpha value is -2.63. The Labute approximate surface area is 511 Å². The van der Waals surface area contributed by atoms with Gasteiger partial charge in [0, 0.05) is 19.3 Å². The molecule has 0 N–H and O–H groups in total. The summed E-state index contributed by atoms with van der Waals surface area (Å²) in [6.07, 6.45) is 90.1. The summed E-state index contributed by atoms with van der Waals surface area (Å²) in [4.78, 5) is 38.4. The lowest BCUT2D eigenvalue weighted by molar-refractivity contribution is -0.167. The van der Waals surface area contributed by atoms with Crippen molar-refractivity contribution in [2.75, 3.05) is 13.2 Å². The standard InChI is InChI=1S/C76H140O6/c1-4-7-10-13-16-19-22-25-27-29-31-33-35-36-37-38-39-40-42-43-45-47-49-51-54-57-60-63-66-69-75(78)81-72-73(71-80-74(77)68-65-62-59-56-53-24-21-18-15-12-9-6-3)82-76(79)70-67-64-61-58-55-52-50-48-46-44-41-34-32-30-28-26-23-20-17-14-11-8-5-2/h7,10,16,19,25,27,31,33,73H,4-6,8-9,11-15,17-18,20-24,26,28-30,32,34-72H2,1-3H3/b10-7-,19-16-,27-25-,33-31-. The fraction of sp³-hybridized carbons (Fsp3) is 0.855. The first-order chi connectivity index (χ1) is 40.5. The van der Waals surface area contributed by atoms with Gasteiger partial charge < -0.3 is 14.2 Å². The second-order valence-corrected chi connectivity index (χ2v) is 24.8. The molecule has 0 rings (SSSR count). The number of hydrogen-bond donors (Lipinski definition) is 0. The Bertz CT molecular complexity index is 1410. The van der Waals surface area contributed by atoms with Crippen LogP contribution in [0.15, 0.2) is 48.6 Å². The maximum Gasteiger partial charge on any atom is 0.306 e. The minimum absolute atomic E-state index is 0.0654. The van der Waals surface area contributed by atoms with E-state index in [4.69, 9.17) is 14.2 Å². The molecule has 0 aromatic heterocycles. The highest BCUT2D eigenvalue weighted by Gasteiger charge is 2.19. The summed E-state index contributed by atoms with van der Waals surface area (Å²) in [5.41, 5.74) is 0. The van der Waals surface area contributed by atoms with E-state index in [0.717, 1.165) is 83.5 Å². The van der Waals surface area contributed by atoms with Crippen LogP contribution in [0.1, 0.15) is 400 Å². The van der Waals surface area contributed by atoms with Crippen molar-refractivity contribution in [3.8, 4) is 0 Å². The maximum absolute atomic E-state index is 13.0. The molecule has 6 nitrogen and oxygen atoms in total. The van der Waals surface area contributed by atoms with Gasteiger partial charge in [0.25, 0.3) is 0 Å². The second kappa shape index (κ2) is 70.9. The number of rotatable bonds is 68. The molecular formula is C76H140O6. The first-order valence-electron chi connectivity index (χ1n) is 36.6. The van der Waals surface area contributed by atoms with E-state index in [-0.39, 0.29) is 31.1 Å². The number of hydrogen-bond acceptors (Lipinski definition) is 6. The number of ether oxygens (including phenoxy) is 3. The van der Waals surface area contributed by atoms with Crippen molar-refractivity contribution in [2.45, 2.75) is 406 Å². The summed E-state index contributed by atoms with van der Waals surface area (Å²) in [5.74, 6) is -0.834. The van der Waals surface area contributed by atoms with Crippen LogP contribution in [-0.2, 0) is 28.6 Å². The lowest BCUT2D eigenvalue weighted by atomic mass is 10.0. The molecule has 0 fully saturated rings. The third kappa shape index (κ3) is 68.2. The molecule has 0 radical (unpaired) electrons. The minimum Gasteiger partial charge on any atom is -0.462 e. The van der Waals surface area contributed by atoms with Crippen LogP contribution in [0.5, 0.6) is 0 Å². The highest BCUT2D eigenvalue weighted by Crippen LogP contribution is 2.19. The predicted octanol–water partition coefficient (Wildman–Crippen LogP) is 25.3. The van der Waals surface area contributed by atoms with Crippen molar-refractivity contribution in [2.24, 2.45) is 0 Å². The Balaban J connectivity index is 4.17. The summed E-state index contributed by atoms with van der Waals surface area (Å²) < 4.78 is 17.0. The average Bonchev–Trinajstić information content (AvgIpc) is 3.47. The van der Waals surface area contributed by atoms with E-state index in [1.165, 1.54) is 276 Å². The van der Waals surface area contributed by atoms with Crippen LogP contribution in [0.3, 0.4) is 0 Å². The largest absolute Gasteiger partial charge is 0.462 e. The van der Waals surface area contributed by atoms with E-state index in [0.29, 0.717) is 19.3 Å². The van der Waals surface area contributed by atoms with Gasteiger partial charge in [0.05, 0.1) is 0 Å². The summed E-state index contributed by atoms with van der Waals surface area (Å²) in [5, 5.41) is 0. The van der Waals surface area contributed by atoms with Crippen molar-refractivity contribution in [1.29, 1.82) is 0 Å². The molecule has 0 spiro atoms. The number of unbranched alkanes of at least 4 members (excludes halogenated alkanes) is 49. The molecule has 0 aliphatic carbocycles. The number of esters is 3. The summed E-state index contributed by atoms with van der Waals surface area (Å²) in [6.45, 7) is 6.60. The smallest absolute Gasteiger partial charge is 0.306 e. The third-order valence-corrected chi connectivity index (χ3v) is 16.6. The molecule has 0 aromatic carbocycles. The van der Waals surface area contributed by atoms with Crippen LogP contribution >= 0.6 is 0 Å². The molecule has 1 unspecified atom stereocenters. The van der Waals surface area contributed by atoms with E-state index in [2.05, 4.69) is 69.4 Å². The molecule has 0 saturated carbocycles. The molecule has 0 aliphatic rings. The van der Waals surface area contributed by atoms with Crippen LogP contribution < -0.4 is 0 Å². The molecule has 480 valence electrons. The zero-order valence-electron chi connectivity index (χ0n) is 55.3. The van der Waals surface area contributed by atoms with Crippen molar-refractivity contribution in [3.05, 3.63) is 48.6 Å². The summed E-state index contributed by atoms with van der Waals surface area (Å²) >= 11 is 0. The van der Waals surface area contributed by atoms with E-state index >= 15 is 0 Å². The zero-order chi connectivity index (χ0) is 59.2.